The molecule has 0 aliphatic heterocycles. The van der Waals surface area contributed by atoms with Gasteiger partial charge in [-0.3, -0.25) is 4.79 Å². The molecule has 0 saturated carbocycles. The molecule has 3 aromatic rings. The molecule has 2 aromatic carbocycles. The summed E-state index contributed by atoms with van der Waals surface area (Å²) >= 11 is 3.41. The Kier molecular flexibility index (Phi) is 5.52. The van der Waals surface area contributed by atoms with E-state index in [1.54, 1.807) is 4.68 Å². The summed E-state index contributed by atoms with van der Waals surface area (Å²) in [7, 11) is 0. The highest BCUT2D eigenvalue weighted by Gasteiger charge is 2.17. The summed E-state index contributed by atoms with van der Waals surface area (Å²) in [6.07, 6.45) is 0. The van der Waals surface area contributed by atoms with Gasteiger partial charge in [-0.2, -0.15) is 0 Å². The van der Waals surface area contributed by atoms with Gasteiger partial charge < -0.3 is 5.32 Å². The van der Waals surface area contributed by atoms with Gasteiger partial charge in [-0.25, -0.2) is 4.68 Å². The fourth-order valence-electron chi connectivity index (χ4n) is 2.65. The number of nitrogens with one attached hydrogen (secondary N) is 1. The first-order chi connectivity index (χ1) is 12.5. The highest BCUT2D eigenvalue weighted by molar-refractivity contribution is 9.10. The van der Waals surface area contributed by atoms with Crippen LogP contribution >= 0.6 is 15.9 Å². The van der Waals surface area contributed by atoms with E-state index in [-0.39, 0.29) is 5.91 Å². The predicted molar refractivity (Wildman–Crippen MR) is 105 cm³/mol. The standard InChI is InChI=1S/C20H21BrN4O/c1-13(2)16-6-4-15(5-7-16)12-22-20(26)19-14(3)25(24-23-19)18-10-8-17(21)9-11-18/h4-11,13H,12H2,1-3H3,(H,22,26). The summed E-state index contributed by atoms with van der Waals surface area (Å²) in [6.45, 7) is 6.62. The molecule has 5 nitrogen and oxygen atoms in total. The third-order valence-corrected chi connectivity index (χ3v) is 4.81. The van der Waals surface area contributed by atoms with Crippen LogP contribution in [-0.4, -0.2) is 20.9 Å². The fourth-order valence-corrected chi connectivity index (χ4v) is 2.92. The highest BCUT2D eigenvalue weighted by atomic mass is 79.9. The van der Waals surface area contributed by atoms with Crippen molar-refractivity contribution in [1.82, 2.24) is 20.3 Å². The monoisotopic (exact) mass is 412 g/mol. The van der Waals surface area contributed by atoms with E-state index < -0.39 is 0 Å². The number of hydrogen-bond donors (Lipinski definition) is 1. The molecule has 0 fully saturated rings. The topological polar surface area (TPSA) is 59.8 Å². The van der Waals surface area contributed by atoms with Crippen LogP contribution in [0.1, 0.15) is 47.1 Å². The van der Waals surface area contributed by atoms with Crippen LogP contribution in [0, 0.1) is 6.92 Å². The van der Waals surface area contributed by atoms with Crippen LogP contribution in [-0.2, 0) is 6.54 Å². The van der Waals surface area contributed by atoms with Crippen molar-refractivity contribution in [3.63, 3.8) is 0 Å². The number of rotatable bonds is 5. The van der Waals surface area contributed by atoms with Gasteiger partial charge in [-0.15, -0.1) is 5.10 Å². The Morgan fingerprint density at radius 1 is 1.12 bits per heavy atom. The van der Waals surface area contributed by atoms with Gasteiger partial charge in [0.25, 0.3) is 5.91 Å². The van der Waals surface area contributed by atoms with Crippen LogP contribution in [0.15, 0.2) is 53.0 Å². The first kappa shape index (κ1) is 18.3. The number of nitrogens with zero attached hydrogens (tertiary/aromatic N) is 3. The lowest BCUT2D eigenvalue weighted by Crippen LogP contribution is -2.24. The van der Waals surface area contributed by atoms with E-state index in [1.807, 2.05) is 43.3 Å². The van der Waals surface area contributed by atoms with E-state index in [2.05, 4.69) is 57.5 Å². The Bertz CT molecular complexity index is 899. The number of aromatic nitrogens is 3. The molecule has 1 amide bonds. The predicted octanol–water partition coefficient (Wildman–Crippen LogP) is 4.39. The van der Waals surface area contributed by atoms with Crippen molar-refractivity contribution in [2.45, 2.75) is 33.2 Å². The zero-order valence-electron chi connectivity index (χ0n) is 15.0. The molecule has 1 aromatic heterocycles. The number of amides is 1. The lowest BCUT2D eigenvalue weighted by molar-refractivity contribution is 0.0945. The third kappa shape index (κ3) is 4.02. The molecule has 3 rings (SSSR count). The second kappa shape index (κ2) is 7.83. The van der Waals surface area contributed by atoms with E-state index in [1.165, 1.54) is 5.56 Å². The molecule has 0 bridgehead atoms. The molecular weight excluding hydrogens is 392 g/mol. The lowest BCUT2D eigenvalue weighted by atomic mass is 10.0. The Labute approximate surface area is 161 Å². The Balaban J connectivity index is 1.69. The quantitative estimate of drug-likeness (QED) is 0.675. The molecule has 134 valence electrons. The minimum atomic E-state index is -0.223. The number of hydrogen-bond acceptors (Lipinski definition) is 3. The second-order valence-electron chi connectivity index (χ2n) is 6.49. The summed E-state index contributed by atoms with van der Waals surface area (Å²) in [4.78, 5) is 12.5. The molecule has 1 heterocycles. The number of carbonyl (C=O) groups is 1. The summed E-state index contributed by atoms with van der Waals surface area (Å²) in [5.74, 6) is 0.272. The molecule has 0 spiro atoms. The second-order valence-corrected chi connectivity index (χ2v) is 7.41. The summed E-state index contributed by atoms with van der Waals surface area (Å²) in [5.41, 5.74) is 4.25. The zero-order valence-corrected chi connectivity index (χ0v) is 16.6. The van der Waals surface area contributed by atoms with E-state index in [9.17, 15) is 4.79 Å². The fraction of sp³-hybridized carbons (Fsp3) is 0.250. The van der Waals surface area contributed by atoms with Gasteiger partial charge in [-0.05, 0) is 48.2 Å². The van der Waals surface area contributed by atoms with Gasteiger partial charge in [-0.1, -0.05) is 59.3 Å². The smallest absolute Gasteiger partial charge is 0.274 e. The molecule has 0 unspecified atom stereocenters. The molecule has 0 radical (unpaired) electrons. The van der Waals surface area contributed by atoms with Crippen molar-refractivity contribution in [3.8, 4) is 5.69 Å². The van der Waals surface area contributed by atoms with Crippen molar-refractivity contribution in [2.24, 2.45) is 0 Å². The zero-order chi connectivity index (χ0) is 18.7. The number of benzene rings is 2. The van der Waals surface area contributed by atoms with Crippen LogP contribution < -0.4 is 5.32 Å². The normalized spacial score (nSPS) is 11.0. The van der Waals surface area contributed by atoms with Crippen molar-refractivity contribution in [2.75, 3.05) is 0 Å². The Morgan fingerprint density at radius 3 is 2.38 bits per heavy atom. The molecule has 6 heteroatoms. The highest BCUT2D eigenvalue weighted by Crippen LogP contribution is 2.17. The van der Waals surface area contributed by atoms with E-state index in [4.69, 9.17) is 0 Å². The van der Waals surface area contributed by atoms with E-state index in [0.29, 0.717) is 23.9 Å². The molecule has 26 heavy (non-hydrogen) atoms. The summed E-state index contributed by atoms with van der Waals surface area (Å²) < 4.78 is 2.65. The minimum Gasteiger partial charge on any atom is -0.347 e. The molecule has 0 aliphatic carbocycles. The lowest BCUT2D eigenvalue weighted by Gasteiger charge is -2.08. The van der Waals surface area contributed by atoms with Crippen molar-refractivity contribution < 1.29 is 4.79 Å². The van der Waals surface area contributed by atoms with Gasteiger partial charge >= 0.3 is 0 Å². The third-order valence-electron chi connectivity index (χ3n) is 4.28. The molecular formula is C20H21BrN4O. The maximum Gasteiger partial charge on any atom is 0.274 e. The number of carbonyl (C=O) groups excluding carboxylic acids is 1. The van der Waals surface area contributed by atoms with Crippen LogP contribution in [0.5, 0.6) is 0 Å². The minimum absolute atomic E-state index is 0.223. The largest absolute Gasteiger partial charge is 0.347 e. The van der Waals surface area contributed by atoms with Crippen molar-refractivity contribution in [1.29, 1.82) is 0 Å². The van der Waals surface area contributed by atoms with Gasteiger partial charge in [0.05, 0.1) is 11.4 Å². The SMILES string of the molecule is Cc1c(C(=O)NCc2ccc(C(C)C)cc2)nnn1-c1ccc(Br)cc1. The maximum absolute atomic E-state index is 12.5. The van der Waals surface area contributed by atoms with Gasteiger partial charge in [0.15, 0.2) is 5.69 Å². The summed E-state index contributed by atoms with van der Waals surface area (Å²) in [6, 6.07) is 16.0. The number of halogens is 1. The molecule has 0 saturated heterocycles. The summed E-state index contributed by atoms with van der Waals surface area (Å²) in [5, 5.41) is 11.1. The van der Waals surface area contributed by atoms with E-state index in [0.717, 1.165) is 15.7 Å². The van der Waals surface area contributed by atoms with E-state index >= 15 is 0 Å². The molecule has 1 N–H and O–H groups in total. The maximum atomic E-state index is 12.5. The average molecular weight is 413 g/mol. The molecule has 0 aliphatic rings. The van der Waals surface area contributed by atoms with Gasteiger partial charge in [0.2, 0.25) is 0 Å². The average Bonchev–Trinajstić information content (AvgIpc) is 3.02. The van der Waals surface area contributed by atoms with Crippen LogP contribution in [0.25, 0.3) is 5.69 Å². The first-order valence-electron chi connectivity index (χ1n) is 8.51. The van der Waals surface area contributed by atoms with Crippen LogP contribution in [0.3, 0.4) is 0 Å². The van der Waals surface area contributed by atoms with Crippen LogP contribution in [0.4, 0.5) is 0 Å². The van der Waals surface area contributed by atoms with Gasteiger partial charge in [0, 0.05) is 11.0 Å². The van der Waals surface area contributed by atoms with Crippen LogP contribution in [0.2, 0.25) is 0 Å². The Hall–Kier alpha value is -2.47. The van der Waals surface area contributed by atoms with Crippen molar-refractivity contribution >= 4 is 21.8 Å². The Morgan fingerprint density at radius 2 is 1.77 bits per heavy atom. The van der Waals surface area contributed by atoms with Crippen molar-refractivity contribution in [3.05, 3.63) is 75.5 Å². The first-order valence-corrected chi connectivity index (χ1v) is 9.30. The molecule has 0 atom stereocenters. The van der Waals surface area contributed by atoms with Gasteiger partial charge in [0.1, 0.15) is 0 Å².